The fourth-order valence-corrected chi connectivity index (χ4v) is 1.34. The van der Waals surface area contributed by atoms with Gasteiger partial charge in [-0.25, -0.2) is 9.48 Å². The maximum absolute atomic E-state index is 11.5. The highest BCUT2D eigenvalue weighted by Gasteiger charge is 2.23. The maximum atomic E-state index is 11.5. The van der Waals surface area contributed by atoms with Gasteiger partial charge in [-0.2, -0.15) is 0 Å². The first-order chi connectivity index (χ1) is 8.54. The van der Waals surface area contributed by atoms with E-state index in [-0.39, 0.29) is 12.6 Å². The molecule has 0 spiro atoms. The minimum atomic E-state index is -0.736. The average molecular weight is 253 g/mol. The first-order valence-corrected chi connectivity index (χ1v) is 5.73. The number of nitrogens with zero attached hydrogens (tertiary/aromatic N) is 3. The van der Waals surface area contributed by atoms with Gasteiger partial charge in [0.2, 0.25) is 5.91 Å². The molecule has 8 nitrogen and oxygen atoms in total. The number of aliphatic hydroxyl groups excluding tert-OH is 1. The summed E-state index contributed by atoms with van der Waals surface area (Å²) in [5, 5.41) is 21.4. The summed E-state index contributed by atoms with van der Waals surface area (Å²) in [6.45, 7) is 1.44. The molecule has 1 heterocycles. The Kier molecular flexibility index (Phi) is 3.56. The topological polar surface area (TPSA) is 109 Å². The number of carbonyl (C=O) groups excluding carboxylic acids is 2. The quantitative estimate of drug-likeness (QED) is 0.658. The van der Waals surface area contributed by atoms with Gasteiger partial charge in [-0.3, -0.25) is 10.1 Å². The number of carbonyl (C=O) groups is 2. The van der Waals surface area contributed by atoms with Gasteiger partial charge < -0.3 is 10.4 Å². The van der Waals surface area contributed by atoms with Gasteiger partial charge >= 0.3 is 6.03 Å². The monoisotopic (exact) mass is 253 g/mol. The lowest BCUT2D eigenvalue weighted by Crippen LogP contribution is -2.41. The summed E-state index contributed by atoms with van der Waals surface area (Å²) in [6.07, 6.45) is 2.65. The number of rotatable bonds is 4. The molecule has 18 heavy (non-hydrogen) atoms. The van der Waals surface area contributed by atoms with E-state index in [2.05, 4.69) is 20.9 Å². The predicted molar refractivity (Wildman–Crippen MR) is 60.4 cm³/mol. The van der Waals surface area contributed by atoms with E-state index >= 15 is 0 Å². The van der Waals surface area contributed by atoms with Crippen molar-refractivity contribution in [3.63, 3.8) is 0 Å². The second-order valence-corrected chi connectivity index (χ2v) is 4.31. The normalized spacial score (nSPS) is 16.1. The van der Waals surface area contributed by atoms with E-state index in [4.69, 9.17) is 0 Å². The number of imide groups is 1. The van der Waals surface area contributed by atoms with Gasteiger partial charge in [-0.05, 0) is 19.8 Å². The molecule has 2 rings (SSSR count). The molecule has 1 aliphatic carbocycles. The van der Waals surface area contributed by atoms with Gasteiger partial charge in [0.25, 0.3) is 0 Å². The Bertz CT molecular complexity index is 452. The van der Waals surface area contributed by atoms with Crippen LogP contribution in [0.5, 0.6) is 0 Å². The van der Waals surface area contributed by atoms with Crippen molar-refractivity contribution in [1.29, 1.82) is 0 Å². The number of urea groups is 1. The molecule has 1 aromatic rings. The van der Waals surface area contributed by atoms with Crippen LogP contribution in [0.25, 0.3) is 0 Å². The highest BCUT2D eigenvalue weighted by atomic mass is 16.3. The van der Waals surface area contributed by atoms with Gasteiger partial charge in [0.1, 0.15) is 12.2 Å². The van der Waals surface area contributed by atoms with Crippen LogP contribution in [0.3, 0.4) is 0 Å². The van der Waals surface area contributed by atoms with Gasteiger partial charge in [0.05, 0.1) is 12.3 Å². The molecule has 3 N–H and O–H groups in total. The summed E-state index contributed by atoms with van der Waals surface area (Å²) in [6, 6.07) is -0.288. The Balaban J connectivity index is 1.80. The summed E-state index contributed by atoms with van der Waals surface area (Å²) in [4.78, 5) is 22.8. The van der Waals surface area contributed by atoms with Gasteiger partial charge in [0.15, 0.2) is 0 Å². The lowest BCUT2D eigenvalue weighted by atomic mass is 10.3. The Morgan fingerprint density at radius 2 is 2.33 bits per heavy atom. The van der Waals surface area contributed by atoms with Crippen molar-refractivity contribution in [1.82, 2.24) is 25.6 Å². The fourth-order valence-electron chi connectivity index (χ4n) is 1.34. The zero-order valence-corrected chi connectivity index (χ0v) is 9.96. The highest BCUT2D eigenvalue weighted by Crippen LogP contribution is 2.18. The molecular formula is C10H15N5O3. The average Bonchev–Trinajstić information content (AvgIpc) is 2.93. The molecule has 1 fully saturated rings. The second-order valence-electron chi connectivity index (χ2n) is 4.31. The van der Waals surface area contributed by atoms with Crippen LogP contribution in [0.15, 0.2) is 6.20 Å². The summed E-state index contributed by atoms with van der Waals surface area (Å²) in [7, 11) is 0. The van der Waals surface area contributed by atoms with Crippen LogP contribution in [0.1, 0.15) is 31.6 Å². The van der Waals surface area contributed by atoms with Crippen molar-refractivity contribution in [3.8, 4) is 0 Å². The zero-order chi connectivity index (χ0) is 13.1. The van der Waals surface area contributed by atoms with E-state index in [0.717, 1.165) is 12.8 Å². The first kappa shape index (κ1) is 12.5. The third kappa shape index (κ3) is 3.52. The van der Waals surface area contributed by atoms with Crippen molar-refractivity contribution in [3.05, 3.63) is 11.9 Å². The molecule has 1 atom stereocenters. The van der Waals surface area contributed by atoms with Gasteiger partial charge in [-0.15, -0.1) is 5.10 Å². The van der Waals surface area contributed by atoms with E-state index in [1.165, 1.54) is 10.9 Å². The summed E-state index contributed by atoms with van der Waals surface area (Å²) in [5.41, 5.74) is 0.380. The first-order valence-electron chi connectivity index (χ1n) is 5.73. The molecule has 3 amide bonds. The van der Waals surface area contributed by atoms with E-state index in [0.29, 0.717) is 5.69 Å². The largest absolute Gasteiger partial charge is 0.387 e. The van der Waals surface area contributed by atoms with Crippen molar-refractivity contribution < 1.29 is 14.7 Å². The van der Waals surface area contributed by atoms with Gasteiger partial charge in [-0.1, -0.05) is 5.21 Å². The molecule has 1 saturated carbocycles. The molecule has 0 bridgehead atoms. The third-order valence-corrected chi connectivity index (χ3v) is 2.46. The van der Waals surface area contributed by atoms with Crippen LogP contribution < -0.4 is 10.6 Å². The smallest absolute Gasteiger partial charge is 0.321 e. The minimum absolute atomic E-state index is 0.113. The number of nitrogens with one attached hydrogen (secondary N) is 2. The number of hydrogen-bond acceptors (Lipinski definition) is 5. The molecule has 1 aliphatic rings. The Morgan fingerprint density at radius 3 is 2.89 bits per heavy atom. The van der Waals surface area contributed by atoms with Crippen molar-refractivity contribution >= 4 is 11.9 Å². The SMILES string of the molecule is CC(O)c1cn(CC(=O)NC(=O)NC2CC2)nn1. The number of amides is 3. The van der Waals surface area contributed by atoms with Crippen LogP contribution in [0, 0.1) is 0 Å². The van der Waals surface area contributed by atoms with Crippen LogP contribution in [-0.4, -0.2) is 38.1 Å². The zero-order valence-electron chi connectivity index (χ0n) is 9.96. The number of aliphatic hydroxyl groups is 1. The molecule has 0 radical (unpaired) electrons. The lowest BCUT2D eigenvalue weighted by molar-refractivity contribution is -0.120. The van der Waals surface area contributed by atoms with Crippen LogP contribution in [0.2, 0.25) is 0 Å². The molecule has 0 aromatic carbocycles. The molecule has 1 unspecified atom stereocenters. The summed E-state index contributed by atoms with van der Waals surface area (Å²) >= 11 is 0. The number of aromatic nitrogens is 3. The standard InChI is InChI=1S/C10H15N5O3/c1-6(16)8-4-15(14-13-8)5-9(17)12-10(18)11-7-2-3-7/h4,6-7,16H,2-3,5H2,1H3,(H2,11,12,17,18). The Morgan fingerprint density at radius 1 is 1.61 bits per heavy atom. The molecular weight excluding hydrogens is 238 g/mol. The maximum Gasteiger partial charge on any atom is 0.321 e. The summed E-state index contributed by atoms with van der Waals surface area (Å²) < 4.78 is 1.27. The van der Waals surface area contributed by atoms with E-state index < -0.39 is 18.0 Å². The molecule has 8 heteroatoms. The Labute approximate surface area is 103 Å². The van der Waals surface area contributed by atoms with Gasteiger partial charge in [0, 0.05) is 6.04 Å². The summed E-state index contributed by atoms with van der Waals surface area (Å²) in [5.74, 6) is -0.477. The Hall–Kier alpha value is -1.96. The molecule has 98 valence electrons. The van der Waals surface area contributed by atoms with Crippen LogP contribution in [0.4, 0.5) is 4.79 Å². The highest BCUT2D eigenvalue weighted by molar-refractivity contribution is 5.94. The third-order valence-electron chi connectivity index (χ3n) is 2.46. The van der Waals surface area contributed by atoms with Crippen molar-refractivity contribution in [2.75, 3.05) is 0 Å². The van der Waals surface area contributed by atoms with Crippen LogP contribution >= 0.6 is 0 Å². The molecule has 1 aromatic heterocycles. The van der Waals surface area contributed by atoms with Crippen molar-refractivity contribution in [2.24, 2.45) is 0 Å². The van der Waals surface area contributed by atoms with E-state index in [9.17, 15) is 14.7 Å². The molecule has 0 saturated heterocycles. The minimum Gasteiger partial charge on any atom is -0.387 e. The van der Waals surface area contributed by atoms with E-state index in [1.807, 2.05) is 0 Å². The lowest BCUT2D eigenvalue weighted by Gasteiger charge is -2.04. The van der Waals surface area contributed by atoms with E-state index in [1.54, 1.807) is 6.92 Å². The number of hydrogen-bond donors (Lipinski definition) is 3. The predicted octanol–water partition coefficient (Wildman–Crippen LogP) is -0.680. The fraction of sp³-hybridized carbons (Fsp3) is 0.600. The van der Waals surface area contributed by atoms with Crippen molar-refractivity contribution in [2.45, 2.75) is 38.5 Å². The van der Waals surface area contributed by atoms with Crippen LogP contribution in [-0.2, 0) is 11.3 Å². The second kappa shape index (κ2) is 5.13. The molecule has 0 aliphatic heterocycles.